The summed E-state index contributed by atoms with van der Waals surface area (Å²) in [5.74, 6) is 0. The molecule has 0 aromatic rings. The maximum absolute atomic E-state index is 12.1. The highest BCUT2D eigenvalue weighted by atomic mass is 32.2. The van der Waals surface area contributed by atoms with E-state index in [-0.39, 0.29) is 5.25 Å². The average molecular weight is 253 g/mol. The van der Waals surface area contributed by atoms with E-state index in [1.807, 2.05) is 0 Å². The second-order valence-electron chi connectivity index (χ2n) is 4.70. The smallest absolute Gasteiger partial charge is 0.219 e. The lowest BCUT2D eigenvalue weighted by Gasteiger charge is -2.29. The third-order valence-electron chi connectivity index (χ3n) is 2.32. The van der Waals surface area contributed by atoms with Gasteiger partial charge in [0.1, 0.15) is 0 Å². The molecule has 1 heterocycles. The van der Waals surface area contributed by atoms with Crippen molar-refractivity contribution >= 4 is 22.7 Å². The van der Waals surface area contributed by atoms with Crippen LogP contribution < -0.4 is 0 Å². The van der Waals surface area contributed by atoms with Gasteiger partial charge in [-0.15, -0.1) is 0 Å². The van der Waals surface area contributed by atoms with Gasteiger partial charge in [-0.25, -0.2) is 8.42 Å². The number of sulfonamides is 1. The van der Waals surface area contributed by atoms with Crippen molar-refractivity contribution in [2.75, 3.05) is 26.3 Å². The molecule has 0 N–H and O–H groups in total. The second kappa shape index (κ2) is 4.61. The largest absolute Gasteiger partial charge is 0.379 e. The predicted octanol–water partition coefficient (Wildman–Crippen LogP) is 0.745. The monoisotopic (exact) mass is 253 g/mol. The lowest BCUT2D eigenvalue weighted by atomic mass is 10.3. The molecule has 0 spiro atoms. The SMILES string of the molecule is CC(C)(C)S(=O)(=O)N1CCOCC(S)C1. The first-order chi connectivity index (χ1) is 6.75. The van der Waals surface area contributed by atoms with Crippen molar-refractivity contribution in [3.05, 3.63) is 0 Å². The summed E-state index contributed by atoms with van der Waals surface area (Å²) in [4.78, 5) is 0. The van der Waals surface area contributed by atoms with Gasteiger partial charge in [-0.1, -0.05) is 0 Å². The quantitative estimate of drug-likeness (QED) is 0.701. The molecule has 1 saturated heterocycles. The molecule has 90 valence electrons. The highest BCUT2D eigenvalue weighted by Crippen LogP contribution is 2.22. The number of nitrogens with zero attached hydrogens (tertiary/aromatic N) is 1. The van der Waals surface area contributed by atoms with Crippen molar-refractivity contribution in [2.24, 2.45) is 0 Å². The molecule has 1 atom stereocenters. The van der Waals surface area contributed by atoms with Crippen LogP contribution in [0.15, 0.2) is 0 Å². The summed E-state index contributed by atoms with van der Waals surface area (Å²) in [5, 5.41) is -0.0374. The van der Waals surface area contributed by atoms with Crippen LogP contribution >= 0.6 is 12.6 Å². The number of ether oxygens (including phenoxy) is 1. The van der Waals surface area contributed by atoms with Gasteiger partial charge in [0, 0.05) is 18.3 Å². The molecule has 1 unspecified atom stereocenters. The van der Waals surface area contributed by atoms with Crippen LogP contribution in [0, 0.1) is 0 Å². The summed E-state index contributed by atoms with van der Waals surface area (Å²) in [6.45, 7) is 6.95. The van der Waals surface area contributed by atoms with Crippen LogP contribution in [0.3, 0.4) is 0 Å². The highest BCUT2D eigenvalue weighted by Gasteiger charge is 2.36. The van der Waals surface area contributed by atoms with Crippen LogP contribution in [0.1, 0.15) is 20.8 Å². The van der Waals surface area contributed by atoms with E-state index in [0.29, 0.717) is 26.3 Å². The van der Waals surface area contributed by atoms with Gasteiger partial charge in [0.2, 0.25) is 10.0 Å². The maximum Gasteiger partial charge on any atom is 0.219 e. The fourth-order valence-corrected chi connectivity index (χ4v) is 3.25. The number of thiol groups is 1. The molecule has 0 aliphatic carbocycles. The Kier molecular flexibility index (Phi) is 4.08. The fourth-order valence-electron chi connectivity index (χ4n) is 1.37. The van der Waals surface area contributed by atoms with Gasteiger partial charge >= 0.3 is 0 Å². The molecule has 0 aromatic heterocycles. The normalized spacial score (nSPS) is 26.3. The van der Waals surface area contributed by atoms with E-state index >= 15 is 0 Å². The Hall–Kier alpha value is 0.220. The molecule has 1 fully saturated rings. The molecule has 0 radical (unpaired) electrons. The Morgan fingerprint density at radius 2 is 2.00 bits per heavy atom. The first kappa shape index (κ1) is 13.3. The van der Waals surface area contributed by atoms with Crippen LogP contribution in [0.2, 0.25) is 0 Å². The Balaban J connectivity index is 2.86. The summed E-state index contributed by atoms with van der Waals surface area (Å²) in [6, 6.07) is 0. The third kappa shape index (κ3) is 3.09. The van der Waals surface area contributed by atoms with Gasteiger partial charge in [0.05, 0.1) is 18.0 Å². The molecule has 15 heavy (non-hydrogen) atoms. The Morgan fingerprint density at radius 1 is 1.40 bits per heavy atom. The van der Waals surface area contributed by atoms with Crippen molar-refractivity contribution in [2.45, 2.75) is 30.8 Å². The predicted molar refractivity (Wildman–Crippen MR) is 63.8 cm³/mol. The fraction of sp³-hybridized carbons (Fsp3) is 1.00. The van der Waals surface area contributed by atoms with Gasteiger partial charge in [-0.3, -0.25) is 0 Å². The van der Waals surface area contributed by atoms with Gasteiger partial charge < -0.3 is 4.74 Å². The molecular weight excluding hydrogens is 234 g/mol. The molecule has 6 heteroatoms. The first-order valence-electron chi connectivity index (χ1n) is 5.00. The summed E-state index contributed by atoms with van der Waals surface area (Å²) in [5.41, 5.74) is 0. The van der Waals surface area contributed by atoms with E-state index in [0.717, 1.165) is 0 Å². The van der Waals surface area contributed by atoms with E-state index in [1.165, 1.54) is 4.31 Å². The minimum absolute atomic E-state index is 0.0374. The molecule has 0 bridgehead atoms. The molecule has 0 saturated carbocycles. The lowest BCUT2D eigenvalue weighted by molar-refractivity contribution is 0.150. The molecule has 0 aromatic carbocycles. The maximum atomic E-state index is 12.1. The van der Waals surface area contributed by atoms with E-state index in [1.54, 1.807) is 20.8 Å². The summed E-state index contributed by atoms with van der Waals surface area (Å²) >= 11 is 4.29. The zero-order valence-corrected chi connectivity index (χ0v) is 11.1. The molecule has 1 rings (SSSR count). The van der Waals surface area contributed by atoms with Gasteiger partial charge in [0.15, 0.2) is 0 Å². The summed E-state index contributed by atoms with van der Waals surface area (Å²) < 4.78 is 30.3. The van der Waals surface area contributed by atoms with E-state index < -0.39 is 14.8 Å². The Bertz CT molecular complexity index is 308. The molecule has 1 aliphatic heterocycles. The van der Waals surface area contributed by atoms with Crippen molar-refractivity contribution in [1.29, 1.82) is 0 Å². The standard InChI is InChI=1S/C9H19NO3S2/c1-9(2,3)15(11,12)10-4-5-13-7-8(14)6-10/h8,14H,4-7H2,1-3H3. The minimum Gasteiger partial charge on any atom is -0.379 e. The van der Waals surface area contributed by atoms with Crippen LogP contribution in [0.4, 0.5) is 0 Å². The van der Waals surface area contributed by atoms with Gasteiger partial charge in [-0.05, 0) is 20.8 Å². The van der Waals surface area contributed by atoms with Crippen LogP contribution in [-0.2, 0) is 14.8 Å². The van der Waals surface area contributed by atoms with Crippen molar-refractivity contribution in [3.63, 3.8) is 0 Å². The summed E-state index contributed by atoms with van der Waals surface area (Å²) in [6.07, 6.45) is 0. The number of hydrogen-bond donors (Lipinski definition) is 1. The molecule has 0 amide bonds. The molecule has 4 nitrogen and oxygen atoms in total. The number of rotatable bonds is 1. The van der Waals surface area contributed by atoms with Gasteiger partial charge in [-0.2, -0.15) is 16.9 Å². The second-order valence-corrected chi connectivity index (χ2v) is 8.13. The average Bonchev–Trinajstić information content (AvgIpc) is 2.27. The topological polar surface area (TPSA) is 46.6 Å². The summed E-state index contributed by atoms with van der Waals surface area (Å²) in [7, 11) is -3.25. The highest BCUT2D eigenvalue weighted by molar-refractivity contribution is 7.90. The van der Waals surface area contributed by atoms with Crippen molar-refractivity contribution in [1.82, 2.24) is 4.31 Å². The van der Waals surface area contributed by atoms with Crippen molar-refractivity contribution < 1.29 is 13.2 Å². The molecule has 1 aliphatic rings. The lowest BCUT2D eigenvalue weighted by Crippen LogP contribution is -2.45. The van der Waals surface area contributed by atoms with E-state index in [4.69, 9.17) is 4.74 Å². The van der Waals surface area contributed by atoms with Crippen LogP contribution in [0.25, 0.3) is 0 Å². The zero-order chi connectivity index (χ0) is 11.7. The third-order valence-corrected chi connectivity index (χ3v) is 5.20. The minimum atomic E-state index is -3.25. The Labute approximate surface area is 97.4 Å². The van der Waals surface area contributed by atoms with E-state index in [2.05, 4.69) is 12.6 Å². The van der Waals surface area contributed by atoms with Crippen LogP contribution in [-0.4, -0.2) is 49.0 Å². The Morgan fingerprint density at radius 3 is 2.53 bits per heavy atom. The van der Waals surface area contributed by atoms with E-state index in [9.17, 15) is 8.42 Å². The van der Waals surface area contributed by atoms with Crippen LogP contribution in [0.5, 0.6) is 0 Å². The zero-order valence-electron chi connectivity index (χ0n) is 9.43. The van der Waals surface area contributed by atoms with Crippen molar-refractivity contribution in [3.8, 4) is 0 Å². The molecular formula is C9H19NO3S2. The first-order valence-corrected chi connectivity index (χ1v) is 6.96. The van der Waals surface area contributed by atoms with Gasteiger partial charge in [0.25, 0.3) is 0 Å². The number of hydrogen-bond acceptors (Lipinski definition) is 4.